The molecular formula is C22H26F2N4O2. The van der Waals surface area contributed by atoms with Gasteiger partial charge >= 0.3 is 6.03 Å². The van der Waals surface area contributed by atoms with E-state index in [1.165, 1.54) is 17.0 Å². The van der Waals surface area contributed by atoms with Crippen LogP contribution in [0.25, 0.3) is 0 Å². The lowest BCUT2D eigenvalue weighted by Gasteiger charge is -2.25. The number of halogens is 2. The van der Waals surface area contributed by atoms with Crippen LogP contribution in [0.3, 0.4) is 0 Å². The summed E-state index contributed by atoms with van der Waals surface area (Å²) in [6.45, 7) is 2.47. The third-order valence-corrected chi connectivity index (χ3v) is 4.87. The summed E-state index contributed by atoms with van der Waals surface area (Å²) in [6.07, 6.45) is 0.183. The maximum atomic E-state index is 14.1. The molecule has 0 radical (unpaired) electrons. The summed E-state index contributed by atoms with van der Waals surface area (Å²) >= 11 is 0. The van der Waals surface area contributed by atoms with Crippen molar-refractivity contribution in [2.75, 3.05) is 32.1 Å². The number of nitrogens with one attached hydrogen (secondary N) is 1. The highest BCUT2D eigenvalue weighted by molar-refractivity contribution is 6.01. The normalized spacial score (nSPS) is 15.4. The Morgan fingerprint density at radius 1 is 1.20 bits per heavy atom. The van der Waals surface area contributed by atoms with Crippen molar-refractivity contribution in [2.24, 2.45) is 5.16 Å². The van der Waals surface area contributed by atoms with Gasteiger partial charge in [0.2, 0.25) is 0 Å². The first-order valence-corrected chi connectivity index (χ1v) is 9.84. The van der Waals surface area contributed by atoms with Crippen LogP contribution in [0, 0.1) is 11.6 Å². The van der Waals surface area contributed by atoms with Crippen molar-refractivity contribution in [2.45, 2.75) is 26.0 Å². The van der Waals surface area contributed by atoms with E-state index in [2.05, 4.69) is 10.5 Å². The van der Waals surface area contributed by atoms with Gasteiger partial charge in [0.15, 0.2) is 6.10 Å². The van der Waals surface area contributed by atoms with E-state index < -0.39 is 11.6 Å². The van der Waals surface area contributed by atoms with Crippen LogP contribution in [-0.4, -0.2) is 49.9 Å². The van der Waals surface area contributed by atoms with Crippen LogP contribution < -0.4 is 10.2 Å². The highest BCUT2D eigenvalue weighted by Crippen LogP contribution is 2.21. The van der Waals surface area contributed by atoms with Gasteiger partial charge in [-0.25, -0.2) is 13.6 Å². The molecule has 1 aliphatic heterocycles. The SMILES string of the molecule is CCNC(=O)N(Cc1ccc(F)cc1F)CC1CC(c2ccc(N(C)C)cc2)=NO1. The highest BCUT2D eigenvalue weighted by atomic mass is 19.1. The largest absolute Gasteiger partial charge is 0.390 e. The predicted octanol–water partition coefficient (Wildman–Crippen LogP) is 3.76. The molecule has 0 bridgehead atoms. The summed E-state index contributed by atoms with van der Waals surface area (Å²) in [7, 11) is 3.95. The maximum absolute atomic E-state index is 14.1. The number of benzene rings is 2. The molecule has 1 aliphatic rings. The minimum atomic E-state index is -0.686. The van der Waals surface area contributed by atoms with E-state index in [-0.39, 0.29) is 30.8 Å². The molecule has 8 heteroatoms. The van der Waals surface area contributed by atoms with Crippen molar-refractivity contribution in [3.05, 3.63) is 65.2 Å². The van der Waals surface area contributed by atoms with Crippen LogP contribution in [0.15, 0.2) is 47.6 Å². The van der Waals surface area contributed by atoms with Gasteiger partial charge in [0.1, 0.15) is 11.6 Å². The summed E-state index contributed by atoms with van der Waals surface area (Å²) in [4.78, 5) is 21.5. The molecule has 6 nitrogen and oxygen atoms in total. The maximum Gasteiger partial charge on any atom is 0.317 e. The standard InChI is InChI=1S/C22H26F2N4O2/c1-4-25-22(29)28(13-16-5-8-17(23)11-20(16)24)14-19-12-21(26-30-19)15-6-9-18(10-7-15)27(2)3/h5-11,19H,4,12-14H2,1-3H3,(H,25,29). The van der Waals surface area contributed by atoms with Crippen LogP contribution in [0.4, 0.5) is 19.3 Å². The summed E-state index contributed by atoms with van der Waals surface area (Å²) in [5, 5.41) is 6.90. The first-order valence-electron chi connectivity index (χ1n) is 9.84. The van der Waals surface area contributed by atoms with Crippen molar-refractivity contribution < 1.29 is 18.4 Å². The van der Waals surface area contributed by atoms with E-state index in [1.807, 2.05) is 43.3 Å². The number of carbonyl (C=O) groups is 1. The Labute approximate surface area is 175 Å². The third-order valence-electron chi connectivity index (χ3n) is 4.87. The number of hydrogen-bond acceptors (Lipinski definition) is 4. The van der Waals surface area contributed by atoms with Gasteiger partial charge in [0, 0.05) is 44.4 Å². The number of amides is 2. The minimum Gasteiger partial charge on any atom is -0.390 e. The highest BCUT2D eigenvalue weighted by Gasteiger charge is 2.27. The average Bonchev–Trinajstić information content (AvgIpc) is 3.18. The van der Waals surface area contributed by atoms with Crippen LogP contribution in [-0.2, 0) is 11.4 Å². The number of oxime groups is 1. The molecule has 1 unspecified atom stereocenters. The Bertz CT molecular complexity index is 916. The summed E-state index contributed by atoms with van der Waals surface area (Å²) in [6, 6.07) is 11.0. The fourth-order valence-electron chi connectivity index (χ4n) is 3.23. The van der Waals surface area contributed by atoms with Gasteiger partial charge in [0.25, 0.3) is 0 Å². The van der Waals surface area contributed by atoms with Crippen molar-refractivity contribution in [1.29, 1.82) is 0 Å². The van der Waals surface area contributed by atoms with Gasteiger partial charge in [0.05, 0.1) is 18.8 Å². The number of rotatable bonds is 7. The smallest absolute Gasteiger partial charge is 0.317 e. The van der Waals surface area contributed by atoms with E-state index in [0.29, 0.717) is 13.0 Å². The number of urea groups is 1. The van der Waals surface area contributed by atoms with E-state index in [4.69, 9.17) is 4.84 Å². The lowest BCUT2D eigenvalue weighted by atomic mass is 10.0. The van der Waals surface area contributed by atoms with Crippen LogP contribution in [0.2, 0.25) is 0 Å². The quantitative estimate of drug-likeness (QED) is 0.748. The average molecular weight is 416 g/mol. The molecular weight excluding hydrogens is 390 g/mol. The van der Waals surface area contributed by atoms with Gasteiger partial charge in [-0.15, -0.1) is 0 Å². The Morgan fingerprint density at radius 3 is 2.57 bits per heavy atom. The summed E-state index contributed by atoms with van der Waals surface area (Å²) in [5.41, 5.74) is 3.07. The number of nitrogens with zero attached hydrogens (tertiary/aromatic N) is 3. The van der Waals surface area contributed by atoms with Gasteiger partial charge in [-0.3, -0.25) is 0 Å². The fraction of sp³-hybridized carbons (Fsp3) is 0.364. The Balaban J connectivity index is 1.67. The zero-order valence-electron chi connectivity index (χ0n) is 17.4. The van der Waals surface area contributed by atoms with Crippen molar-refractivity contribution in [3.8, 4) is 0 Å². The number of hydrogen-bond donors (Lipinski definition) is 1. The molecule has 2 aromatic carbocycles. The third kappa shape index (κ3) is 5.25. The molecule has 0 aromatic heterocycles. The van der Waals surface area contributed by atoms with E-state index in [0.717, 1.165) is 23.0 Å². The van der Waals surface area contributed by atoms with E-state index >= 15 is 0 Å². The van der Waals surface area contributed by atoms with E-state index in [9.17, 15) is 13.6 Å². The second-order valence-electron chi connectivity index (χ2n) is 7.36. The Hall–Kier alpha value is -3.16. The van der Waals surface area contributed by atoms with Crippen molar-refractivity contribution >= 4 is 17.4 Å². The van der Waals surface area contributed by atoms with E-state index in [1.54, 1.807) is 6.92 Å². The summed E-state index contributed by atoms with van der Waals surface area (Å²) < 4.78 is 27.3. The number of anilines is 1. The van der Waals surface area contributed by atoms with Gasteiger partial charge in [-0.1, -0.05) is 23.4 Å². The summed E-state index contributed by atoms with van der Waals surface area (Å²) in [5.74, 6) is -1.34. The molecule has 2 aromatic rings. The minimum absolute atomic E-state index is 0.00463. The van der Waals surface area contributed by atoms with Crippen molar-refractivity contribution in [3.63, 3.8) is 0 Å². The zero-order chi connectivity index (χ0) is 21.7. The Morgan fingerprint density at radius 2 is 1.93 bits per heavy atom. The van der Waals surface area contributed by atoms with Crippen LogP contribution >= 0.6 is 0 Å². The molecule has 0 aliphatic carbocycles. The molecule has 30 heavy (non-hydrogen) atoms. The molecule has 3 rings (SSSR count). The zero-order valence-corrected chi connectivity index (χ0v) is 17.4. The Kier molecular flexibility index (Phi) is 6.87. The molecule has 1 N–H and O–H groups in total. The first-order chi connectivity index (χ1) is 14.4. The molecule has 2 amide bonds. The van der Waals surface area contributed by atoms with Gasteiger partial charge < -0.3 is 20.0 Å². The monoisotopic (exact) mass is 416 g/mol. The topological polar surface area (TPSA) is 57.2 Å². The first kappa shape index (κ1) is 21.5. The molecule has 0 fully saturated rings. The lowest BCUT2D eigenvalue weighted by Crippen LogP contribution is -2.43. The van der Waals surface area contributed by atoms with Crippen LogP contribution in [0.1, 0.15) is 24.5 Å². The van der Waals surface area contributed by atoms with Gasteiger partial charge in [-0.2, -0.15) is 0 Å². The lowest BCUT2D eigenvalue weighted by molar-refractivity contribution is 0.0588. The van der Waals surface area contributed by atoms with Crippen molar-refractivity contribution in [1.82, 2.24) is 10.2 Å². The predicted molar refractivity (Wildman–Crippen MR) is 113 cm³/mol. The molecule has 160 valence electrons. The molecule has 0 saturated heterocycles. The number of carbonyl (C=O) groups excluding carboxylic acids is 1. The molecule has 0 saturated carbocycles. The van der Waals surface area contributed by atoms with Crippen LogP contribution in [0.5, 0.6) is 0 Å². The second-order valence-corrected chi connectivity index (χ2v) is 7.36. The molecule has 0 spiro atoms. The van der Waals surface area contributed by atoms with Gasteiger partial charge in [-0.05, 0) is 30.7 Å². The fourth-order valence-corrected chi connectivity index (χ4v) is 3.23. The second kappa shape index (κ2) is 9.56. The molecule has 1 atom stereocenters. The molecule has 1 heterocycles.